The van der Waals surface area contributed by atoms with Gasteiger partial charge < -0.3 is 16.0 Å². The van der Waals surface area contributed by atoms with E-state index in [4.69, 9.17) is 5.73 Å². The molecule has 0 aliphatic carbocycles. The zero-order valence-electron chi connectivity index (χ0n) is 10.9. The van der Waals surface area contributed by atoms with Gasteiger partial charge >= 0.3 is 0 Å². The second-order valence-corrected chi connectivity index (χ2v) is 5.84. The van der Waals surface area contributed by atoms with Gasteiger partial charge in [0.2, 0.25) is 5.91 Å². The van der Waals surface area contributed by atoms with E-state index >= 15 is 0 Å². The molecule has 0 saturated carbocycles. The molecule has 1 unspecified atom stereocenters. The predicted molar refractivity (Wildman–Crippen MR) is 81.1 cm³/mol. The third kappa shape index (κ3) is 4.21. The van der Waals surface area contributed by atoms with Crippen molar-refractivity contribution in [2.45, 2.75) is 12.8 Å². The van der Waals surface area contributed by atoms with Crippen molar-refractivity contribution in [1.29, 1.82) is 0 Å². The third-order valence-corrected chi connectivity index (χ3v) is 3.91. The number of amides is 1. The van der Waals surface area contributed by atoms with Crippen LogP contribution in [-0.4, -0.2) is 32.1 Å². The number of rotatable bonds is 5. The average molecular weight is 326 g/mol. The highest BCUT2D eigenvalue weighted by molar-refractivity contribution is 9.10. The fraction of sp³-hybridized carbons (Fsp3) is 0.500. The van der Waals surface area contributed by atoms with E-state index in [0.717, 1.165) is 30.5 Å². The van der Waals surface area contributed by atoms with Crippen molar-refractivity contribution in [3.8, 4) is 0 Å². The average Bonchev–Trinajstić information content (AvgIpc) is 2.85. The fourth-order valence-electron chi connectivity index (χ4n) is 2.38. The van der Waals surface area contributed by atoms with Crippen LogP contribution in [0.15, 0.2) is 28.7 Å². The van der Waals surface area contributed by atoms with E-state index in [0.29, 0.717) is 18.9 Å². The molecule has 19 heavy (non-hydrogen) atoms. The summed E-state index contributed by atoms with van der Waals surface area (Å²) in [6.45, 7) is 3.22. The van der Waals surface area contributed by atoms with Crippen molar-refractivity contribution in [3.63, 3.8) is 0 Å². The molecule has 1 atom stereocenters. The van der Waals surface area contributed by atoms with Crippen LogP contribution in [0.25, 0.3) is 0 Å². The number of carbonyl (C=O) groups excluding carboxylic acids is 1. The van der Waals surface area contributed by atoms with Gasteiger partial charge in [-0.05, 0) is 30.5 Å². The maximum Gasteiger partial charge on any atom is 0.221 e. The largest absolute Gasteiger partial charge is 0.371 e. The molecule has 3 N–H and O–H groups in total. The molecule has 1 aliphatic rings. The number of hydrogen-bond donors (Lipinski definition) is 2. The minimum absolute atomic E-state index is 0.0587. The maximum absolute atomic E-state index is 11.4. The minimum Gasteiger partial charge on any atom is -0.371 e. The number of anilines is 1. The molecule has 1 amide bonds. The summed E-state index contributed by atoms with van der Waals surface area (Å²) in [4.78, 5) is 13.8. The van der Waals surface area contributed by atoms with Crippen LogP contribution in [0.4, 0.5) is 5.69 Å². The molecule has 1 aromatic rings. The maximum atomic E-state index is 11.4. The summed E-state index contributed by atoms with van der Waals surface area (Å²) in [5.41, 5.74) is 6.59. The Morgan fingerprint density at radius 1 is 1.53 bits per heavy atom. The summed E-state index contributed by atoms with van der Waals surface area (Å²) in [6.07, 6.45) is 1.54. The van der Waals surface area contributed by atoms with Gasteiger partial charge in [-0.3, -0.25) is 4.79 Å². The molecule has 1 heterocycles. The Morgan fingerprint density at radius 3 is 3.11 bits per heavy atom. The zero-order chi connectivity index (χ0) is 13.7. The van der Waals surface area contributed by atoms with E-state index in [-0.39, 0.29) is 5.91 Å². The van der Waals surface area contributed by atoms with Gasteiger partial charge in [-0.1, -0.05) is 22.0 Å². The van der Waals surface area contributed by atoms with Crippen molar-refractivity contribution < 1.29 is 4.79 Å². The predicted octanol–water partition coefficient (Wildman–Crippen LogP) is 1.74. The molecule has 1 saturated heterocycles. The Morgan fingerprint density at radius 2 is 2.37 bits per heavy atom. The standard InChI is InChI=1S/C14H20BrN3O/c15-12-2-1-3-13(8-12)18-7-5-11(10-18)9-17-14(19)4-6-16/h1-3,8,11H,4-7,9-10,16H2,(H,17,19). The molecule has 1 aliphatic heterocycles. The molecule has 4 nitrogen and oxygen atoms in total. The number of nitrogens with two attached hydrogens (primary N) is 1. The molecular weight excluding hydrogens is 306 g/mol. The summed E-state index contributed by atoms with van der Waals surface area (Å²) in [6, 6.07) is 8.34. The van der Waals surface area contributed by atoms with Gasteiger partial charge in [0.15, 0.2) is 0 Å². The van der Waals surface area contributed by atoms with Gasteiger partial charge in [0.05, 0.1) is 0 Å². The lowest BCUT2D eigenvalue weighted by Gasteiger charge is -2.19. The first-order chi connectivity index (χ1) is 9.19. The third-order valence-electron chi connectivity index (χ3n) is 3.42. The van der Waals surface area contributed by atoms with Crippen molar-refractivity contribution in [3.05, 3.63) is 28.7 Å². The molecule has 1 fully saturated rings. The van der Waals surface area contributed by atoms with Crippen LogP contribution in [0.5, 0.6) is 0 Å². The first kappa shape index (κ1) is 14.3. The molecule has 2 rings (SSSR count). The van der Waals surface area contributed by atoms with Crippen LogP contribution in [0.2, 0.25) is 0 Å². The van der Waals surface area contributed by atoms with Crippen LogP contribution in [0.3, 0.4) is 0 Å². The number of carbonyl (C=O) groups is 1. The number of nitrogens with zero attached hydrogens (tertiary/aromatic N) is 1. The number of nitrogens with one attached hydrogen (secondary N) is 1. The van der Waals surface area contributed by atoms with Gasteiger partial charge in [-0.15, -0.1) is 0 Å². The summed E-state index contributed by atoms with van der Waals surface area (Å²) in [5.74, 6) is 0.587. The van der Waals surface area contributed by atoms with Gasteiger partial charge in [0.25, 0.3) is 0 Å². The smallest absolute Gasteiger partial charge is 0.221 e. The highest BCUT2D eigenvalue weighted by Gasteiger charge is 2.22. The van der Waals surface area contributed by atoms with Crippen molar-refractivity contribution >= 4 is 27.5 Å². The Labute approximate surface area is 122 Å². The highest BCUT2D eigenvalue weighted by atomic mass is 79.9. The monoisotopic (exact) mass is 325 g/mol. The Balaban J connectivity index is 1.81. The summed E-state index contributed by atoms with van der Waals surface area (Å²) in [5, 5.41) is 2.95. The molecular formula is C14H20BrN3O. The summed E-state index contributed by atoms with van der Waals surface area (Å²) >= 11 is 3.50. The van der Waals surface area contributed by atoms with Crippen LogP contribution in [-0.2, 0) is 4.79 Å². The first-order valence-corrected chi connectivity index (χ1v) is 7.45. The fourth-order valence-corrected chi connectivity index (χ4v) is 2.77. The minimum atomic E-state index is 0.0587. The van der Waals surface area contributed by atoms with Gasteiger partial charge in [-0.25, -0.2) is 0 Å². The van der Waals surface area contributed by atoms with Gasteiger partial charge in [0.1, 0.15) is 0 Å². The molecule has 0 radical (unpaired) electrons. The lowest BCUT2D eigenvalue weighted by atomic mass is 10.1. The van der Waals surface area contributed by atoms with Crippen LogP contribution >= 0.6 is 15.9 Å². The molecule has 104 valence electrons. The van der Waals surface area contributed by atoms with Gasteiger partial charge in [0, 0.05) is 42.8 Å². The van der Waals surface area contributed by atoms with E-state index in [1.165, 1.54) is 5.69 Å². The molecule has 0 aromatic heterocycles. The zero-order valence-corrected chi connectivity index (χ0v) is 12.5. The highest BCUT2D eigenvalue weighted by Crippen LogP contribution is 2.25. The Bertz CT molecular complexity index is 438. The van der Waals surface area contributed by atoms with Gasteiger partial charge in [-0.2, -0.15) is 0 Å². The van der Waals surface area contributed by atoms with Crippen molar-refractivity contribution in [1.82, 2.24) is 5.32 Å². The number of hydrogen-bond acceptors (Lipinski definition) is 3. The topological polar surface area (TPSA) is 58.4 Å². The van der Waals surface area contributed by atoms with Crippen molar-refractivity contribution in [2.75, 3.05) is 31.1 Å². The lowest BCUT2D eigenvalue weighted by molar-refractivity contribution is -0.121. The van der Waals surface area contributed by atoms with E-state index in [1.807, 2.05) is 6.07 Å². The second-order valence-electron chi connectivity index (χ2n) is 4.92. The molecule has 0 spiro atoms. The second kappa shape index (κ2) is 6.91. The van der Waals surface area contributed by atoms with Crippen LogP contribution in [0.1, 0.15) is 12.8 Å². The Kier molecular flexibility index (Phi) is 5.22. The molecule has 1 aromatic carbocycles. The van der Waals surface area contributed by atoms with Crippen molar-refractivity contribution in [2.24, 2.45) is 11.7 Å². The van der Waals surface area contributed by atoms with Crippen LogP contribution < -0.4 is 16.0 Å². The SMILES string of the molecule is NCCC(=O)NCC1CCN(c2cccc(Br)c2)C1. The number of halogens is 1. The van der Waals surface area contributed by atoms with E-state index in [2.05, 4.69) is 44.3 Å². The van der Waals surface area contributed by atoms with Crippen LogP contribution in [0, 0.1) is 5.92 Å². The summed E-state index contributed by atoms with van der Waals surface area (Å²) in [7, 11) is 0. The van der Waals surface area contributed by atoms with E-state index < -0.39 is 0 Å². The first-order valence-electron chi connectivity index (χ1n) is 6.66. The summed E-state index contributed by atoms with van der Waals surface area (Å²) < 4.78 is 1.10. The Hall–Kier alpha value is -1.07. The lowest BCUT2D eigenvalue weighted by Crippen LogP contribution is -2.32. The van der Waals surface area contributed by atoms with E-state index in [1.54, 1.807) is 0 Å². The molecule has 5 heteroatoms. The molecule has 0 bridgehead atoms. The van der Waals surface area contributed by atoms with E-state index in [9.17, 15) is 4.79 Å². The quantitative estimate of drug-likeness (QED) is 0.867. The number of benzene rings is 1. The normalized spacial score (nSPS) is 18.6.